The van der Waals surface area contributed by atoms with Gasteiger partial charge in [0.05, 0.1) is 31.1 Å². The minimum Gasteiger partial charge on any atom is -0.458 e. The summed E-state index contributed by atoms with van der Waals surface area (Å²) in [5.41, 5.74) is 1.70. The first kappa shape index (κ1) is 53.2. The van der Waals surface area contributed by atoms with Crippen LogP contribution in [-0.4, -0.2) is 94.6 Å². The number of carbonyl (C=O) groups is 2. The van der Waals surface area contributed by atoms with Gasteiger partial charge in [0.15, 0.2) is 26.7 Å². The van der Waals surface area contributed by atoms with Gasteiger partial charge in [-0.1, -0.05) is 95.3 Å². The van der Waals surface area contributed by atoms with Crippen LogP contribution in [0, 0.1) is 24.2 Å². The molecule has 9 nitrogen and oxygen atoms in total. The minimum atomic E-state index is -2.27. The average Bonchev–Trinajstić information content (AvgIpc) is 3.58. The third-order valence-electron chi connectivity index (χ3n) is 15.1. The predicted molar refractivity (Wildman–Crippen MR) is 269 cm³/mol. The van der Waals surface area contributed by atoms with Gasteiger partial charge in [-0.15, -0.1) is 22.7 Å². The molecule has 0 aliphatic carbocycles. The van der Waals surface area contributed by atoms with Gasteiger partial charge in [-0.3, -0.25) is 14.5 Å². The van der Waals surface area contributed by atoms with Gasteiger partial charge in [0, 0.05) is 60.5 Å². The third-order valence-corrected chi connectivity index (χ3v) is 28.0. The number of carbonyl (C=O) groups excluding carboxylic acids is 2. The molecule has 0 radical (unpaired) electrons. The van der Waals surface area contributed by atoms with Crippen LogP contribution in [0.5, 0.6) is 0 Å². The molecule has 352 valence electrons. The molecule has 0 spiro atoms. The standard InChI is InChI=1S/C48H85N3O6S2Si3/c1-17-61(18-2,19-3)56-41-30-42(52)55-39(35(8)28-38-32-59-46(50-38)45-49-36(9)31-58-45)29-40-48(13,51(40)33-54-26-27-60(14,15)16)25-23-24-34(7)43(37(10)44(53)47(41,11)12)57-62(20-4,21-5)22-6/h28,31-32,34,37,39-41,43H,17-27,29-30,33H2,1-16H3/b35-28+/t34-,37+,39-,40-,41-,43-,48+,51?/m0/s1. The first-order valence-electron chi connectivity index (χ1n) is 24.1. The van der Waals surface area contributed by atoms with E-state index in [2.05, 4.69) is 110 Å². The van der Waals surface area contributed by atoms with Crippen LogP contribution in [0.2, 0.25) is 61.9 Å². The number of fused-ring (bicyclic) bond motifs is 1. The summed E-state index contributed by atoms with van der Waals surface area (Å²) < 4.78 is 27.8. The van der Waals surface area contributed by atoms with Gasteiger partial charge in [0.25, 0.3) is 0 Å². The SMILES string of the molecule is CC[Si](CC)(CC)O[C@H]1[C@@H](C)CCC[C@]2(C)[C@H](C[C@@H](/C(C)=C/c3csc(-c4nc(C)cs4)n3)OC(=O)C[C@H](O[Si](CC)(CC)CC)C(C)(C)C(=O)[C@@H]1C)N2COCC[Si](C)(C)C. The minimum absolute atomic E-state index is 0.0122. The van der Waals surface area contributed by atoms with Crippen molar-refractivity contribution < 1.29 is 27.9 Å². The van der Waals surface area contributed by atoms with Crippen LogP contribution in [0.1, 0.15) is 127 Å². The third kappa shape index (κ3) is 13.2. The van der Waals surface area contributed by atoms with E-state index in [0.29, 0.717) is 13.2 Å². The largest absolute Gasteiger partial charge is 0.458 e. The lowest BCUT2D eigenvalue weighted by Gasteiger charge is -2.44. The summed E-state index contributed by atoms with van der Waals surface area (Å²) in [5, 5.41) is 5.91. The van der Waals surface area contributed by atoms with Crippen LogP contribution < -0.4 is 0 Å². The van der Waals surface area contributed by atoms with E-state index in [1.165, 1.54) is 0 Å². The quantitative estimate of drug-likeness (QED) is 0.0626. The van der Waals surface area contributed by atoms with Crippen LogP contribution in [0.15, 0.2) is 16.3 Å². The zero-order chi connectivity index (χ0) is 46.3. The van der Waals surface area contributed by atoms with Crippen molar-refractivity contribution in [2.24, 2.45) is 17.3 Å². The van der Waals surface area contributed by atoms with Crippen molar-refractivity contribution >= 4 is 65.2 Å². The van der Waals surface area contributed by atoms with Crippen molar-refractivity contribution in [2.75, 3.05) is 13.3 Å². The van der Waals surface area contributed by atoms with Crippen molar-refractivity contribution in [1.82, 2.24) is 14.9 Å². The highest BCUT2D eigenvalue weighted by atomic mass is 32.1. The average molecular weight is 949 g/mol. The summed E-state index contributed by atoms with van der Waals surface area (Å²) in [6.07, 6.45) is 4.37. The molecule has 1 unspecified atom stereocenters. The number of aromatic nitrogens is 2. The Morgan fingerprint density at radius 1 is 0.903 bits per heavy atom. The van der Waals surface area contributed by atoms with Gasteiger partial charge in [0.1, 0.15) is 11.9 Å². The van der Waals surface area contributed by atoms with Crippen LogP contribution in [0.4, 0.5) is 0 Å². The van der Waals surface area contributed by atoms with E-state index in [4.69, 9.17) is 23.3 Å². The number of rotatable bonds is 18. The Morgan fingerprint density at radius 2 is 1.48 bits per heavy atom. The number of Topliss-reactive ketones (excluding diaryl/α,β-unsaturated/α-hetero) is 1. The molecule has 0 N–H and O–H groups in total. The highest BCUT2D eigenvalue weighted by molar-refractivity contribution is 7.19. The molecular formula is C48H85N3O6S2Si3. The van der Waals surface area contributed by atoms with Gasteiger partial charge in [-0.25, -0.2) is 9.97 Å². The number of ketones is 1. The highest BCUT2D eigenvalue weighted by Crippen LogP contribution is 2.49. The number of cyclic esters (lactones) is 1. The number of nitrogens with zero attached hydrogens (tertiary/aromatic N) is 3. The van der Waals surface area contributed by atoms with Crippen LogP contribution in [0.25, 0.3) is 16.1 Å². The summed E-state index contributed by atoms with van der Waals surface area (Å²) in [5.74, 6) is -0.379. The fourth-order valence-electron chi connectivity index (χ4n) is 9.75. The summed E-state index contributed by atoms with van der Waals surface area (Å²) in [7, 11) is -5.62. The second-order valence-electron chi connectivity index (χ2n) is 20.8. The van der Waals surface area contributed by atoms with Gasteiger partial charge in [0.2, 0.25) is 0 Å². The molecule has 2 aliphatic heterocycles. The van der Waals surface area contributed by atoms with Gasteiger partial charge < -0.3 is 18.3 Å². The van der Waals surface area contributed by atoms with E-state index >= 15 is 4.79 Å². The summed E-state index contributed by atoms with van der Waals surface area (Å²) >= 11 is 3.19. The van der Waals surface area contributed by atoms with E-state index < -0.39 is 42.3 Å². The van der Waals surface area contributed by atoms with E-state index in [1.807, 2.05) is 26.2 Å². The Kier molecular flexibility index (Phi) is 19.3. The smallest absolute Gasteiger partial charge is 0.309 e. The Hall–Kier alpha value is -1.37. The second-order valence-corrected chi connectivity index (χ2v) is 37.6. The zero-order valence-corrected chi connectivity index (χ0v) is 46.3. The molecule has 14 heteroatoms. The number of aryl methyl sites for hydroxylation is 1. The molecule has 0 aromatic carbocycles. The normalized spacial score (nSPS) is 28.5. The molecule has 8 atom stereocenters. The number of ether oxygens (including phenoxy) is 2. The van der Waals surface area contributed by atoms with E-state index in [0.717, 1.165) is 95.2 Å². The first-order valence-corrected chi connectivity index (χ1v) is 34.6. The van der Waals surface area contributed by atoms with Crippen LogP contribution in [0.3, 0.4) is 0 Å². The van der Waals surface area contributed by atoms with Gasteiger partial charge in [-0.2, -0.15) is 0 Å². The molecule has 0 saturated carbocycles. The molecule has 4 heterocycles. The number of hydrogen-bond acceptors (Lipinski definition) is 11. The summed E-state index contributed by atoms with van der Waals surface area (Å²) in [4.78, 5) is 42.0. The van der Waals surface area contributed by atoms with Crippen molar-refractivity contribution in [3.63, 3.8) is 0 Å². The molecule has 2 aliphatic rings. The van der Waals surface area contributed by atoms with Crippen molar-refractivity contribution in [1.29, 1.82) is 0 Å². The summed E-state index contributed by atoms with van der Waals surface area (Å²) in [6.45, 7) is 36.8. The van der Waals surface area contributed by atoms with Crippen LogP contribution >= 0.6 is 22.7 Å². The Morgan fingerprint density at radius 3 is 2.05 bits per heavy atom. The monoisotopic (exact) mass is 948 g/mol. The Labute approximate surface area is 388 Å². The van der Waals surface area contributed by atoms with Crippen molar-refractivity contribution in [3.05, 3.63) is 27.7 Å². The number of esters is 1. The predicted octanol–water partition coefficient (Wildman–Crippen LogP) is 13.3. The molecule has 2 fully saturated rings. The van der Waals surface area contributed by atoms with Crippen molar-refractivity contribution in [3.8, 4) is 10.0 Å². The van der Waals surface area contributed by atoms with E-state index in [1.54, 1.807) is 22.7 Å². The molecular weight excluding hydrogens is 863 g/mol. The molecule has 4 rings (SSSR count). The zero-order valence-electron chi connectivity index (χ0n) is 41.7. The fraction of sp³-hybridized carbons (Fsp3) is 0.792. The maximum absolute atomic E-state index is 15.2. The number of thiazole rings is 2. The Bertz CT molecular complexity index is 1770. The van der Waals surface area contributed by atoms with Gasteiger partial charge >= 0.3 is 5.97 Å². The lowest BCUT2D eigenvalue weighted by Crippen LogP contribution is -2.53. The topological polar surface area (TPSA) is 99.9 Å². The summed E-state index contributed by atoms with van der Waals surface area (Å²) in [6, 6.07) is 7.12. The maximum atomic E-state index is 15.2. The molecule has 2 aromatic rings. The van der Waals surface area contributed by atoms with Crippen LogP contribution in [-0.2, 0) is 27.9 Å². The molecule has 0 amide bonds. The van der Waals surface area contributed by atoms with E-state index in [9.17, 15) is 4.79 Å². The lowest BCUT2D eigenvalue weighted by molar-refractivity contribution is -0.153. The lowest BCUT2D eigenvalue weighted by atomic mass is 9.73. The highest BCUT2D eigenvalue weighted by Gasteiger charge is 2.59. The maximum Gasteiger partial charge on any atom is 0.309 e. The van der Waals surface area contributed by atoms with E-state index in [-0.39, 0.29) is 47.7 Å². The molecule has 0 bridgehead atoms. The van der Waals surface area contributed by atoms with Crippen molar-refractivity contribution in [2.45, 2.75) is 214 Å². The second kappa shape index (κ2) is 22.4. The molecule has 2 saturated heterocycles. The fourth-order valence-corrected chi connectivity index (χ4v) is 18.1. The molecule has 2 aromatic heterocycles. The Balaban J connectivity index is 1.80. The van der Waals surface area contributed by atoms with Gasteiger partial charge in [-0.05, 0) is 93.5 Å². The first-order chi connectivity index (χ1) is 29.1. The molecule has 62 heavy (non-hydrogen) atoms. The number of hydrogen-bond donors (Lipinski definition) is 0.